The lowest BCUT2D eigenvalue weighted by Crippen LogP contribution is -2.29. The van der Waals surface area contributed by atoms with Crippen LogP contribution in [0.2, 0.25) is 10.0 Å². The van der Waals surface area contributed by atoms with Crippen molar-refractivity contribution in [3.05, 3.63) is 33.8 Å². The van der Waals surface area contributed by atoms with Crippen molar-refractivity contribution < 1.29 is 4.74 Å². The third-order valence-corrected chi connectivity index (χ3v) is 4.33. The zero-order chi connectivity index (χ0) is 11.5. The fourth-order valence-electron chi connectivity index (χ4n) is 1.95. The molecule has 1 aliphatic heterocycles. The summed E-state index contributed by atoms with van der Waals surface area (Å²) in [5, 5.41) is 1.64. The van der Waals surface area contributed by atoms with E-state index < -0.39 is 0 Å². The van der Waals surface area contributed by atoms with E-state index in [1.807, 2.05) is 18.2 Å². The van der Waals surface area contributed by atoms with Gasteiger partial charge in [0.1, 0.15) is 0 Å². The molecule has 1 aliphatic rings. The van der Waals surface area contributed by atoms with Gasteiger partial charge in [-0.1, -0.05) is 29.3 Å². The Morgan fingerprint density at radius 1 is 1.31 bits per heavy atom. The van der Waals surface area contributed by atoms with Crippen molar-refractivity contribution in [3.63, 3.8) is 0 Å². The van der Waals surface area contributed by atoms with E-state index in [0.29, 0.717) is 21.2 Å². The summed E-state index contributed by atoms with van der Waals surface area (Å²) < 4.78 is 5.47. The van der Waals surface area contributed by atoms with E-state index >= 15 is 0 Å². The normalized spacial score (nSPS) is 25.7. The number of thiol groups is 1. The van der Waals surface area contributed by atoms with Gasteiger partial charge in [-0.2, -0.15) is 12.6 Å². The van der Waals surface area contributed by atoms with E-state index in [4.69, 9.17) is 27.9 Å². The van der Waals surface area contributed by atoms with Gasteiger partial charge >= 0.3 is 0 Å². The minimum Gasteiger partial charge on any atom is -0.381 e. The average Bonchev–Trinajstić information content (AvgIpc) is 2.27. The molecule has 1 aromatic carbocycles. The number of rotatable bonds is 2. The molecule has 4 heteroatoms. The van der Waals surface area contributed by atoms with Gasteiger partial charge in [-0.3, -0.25) is 0 Å². The highest BCUT2D eigenvalue weighted by molar-refractivity contribution is 7.81. The predicted octanol–water partition coefficient (Wildman–Crippen LogP) is 3.87. The van der Waals surface area contributed by atoms with Gasteiger partial charge in [-0.15, -0.1) is 0 Å². The molecule has 2 atom stereocenters. The van der Waals surface area contributed by atoms with Crippen molar-refractivity contribution in [2.45, 2.75) is 18.1 Å². The molecule has 0 bridgehead atoms. The van der Waals surface area contributed by atoms with E-state index in [0.717, 1.165) is 26.1 Å². The van der Waals surface area contributed by atoms with Crippen LogP contribution >= 0.6 is 35.8 Å². The van der Waals surface area contributed by atoms with Crippen LogP contribution in [0.4, 0.5) is 0 Å². The first-order valence-corrected chi connectivity index (χ1v) is 6.64. The Labute approximate surface area is 111 Å². The second-order valence-electron chi connectivity index (χ2n) is 4.14. The summed E-state index contributed by atoms with van der Waals surface area (Å²) in [6, 6.07) is 5.79. The summed E-state index contributed by atoms with van der Waals surface area (Å²) in [6.45, 7) is 1.61. The molecule has 0 amide bonds. The molecule has 1 nitrogen and oxygen atoms in total. The molecule has 1 saturated heterocycles. The number of ether oxygens (including phenoxy) is 1. The first-order valence-electron chi connectivity index (χ1n) is 5.36. The van der Waals surface area contributed by atoms with Crippen LogP contribution in [0.5, 0.6) is 0 Å². The maximum absolute atomic E-state index is 5.99. The summed E-state index contributed by atoms with van der Waals surface area (Å²) >= 11 is 16.5. The fraction of sp³-hybridized carbons (Fsp3) is 0.500. The van der Waals surface area contributed by atoms with Crippen molar-refractivity contribution >= 4 is 35.8 Å². The largest absolute Gasteiger partial charge is 0.381 e. The van der Waals surface area contributed by atoms with Crippen LogP contribution in [-0.4, -0.2) is 18.5 Å². The van der Waals surface area contributed by atoms with E-state index in [1.54, 1.807) is 0 Å². The number of hydrogen-bond acceptors (Lipinski definition) is 2. The van der Waals surface area contributed by atoms with E-state index in [2.05, 4.69) is 12.6 Å². The lowest BCUT2D eigenvalue weighted by Gasteiger charge is -2.28. The van der Waals surface area contributed by atoms with Gasteiger partial charge in [0, 0.05) is 11.9 Å². The first-order chi connectivity index (χ1) is 7.66. The van der Waals surface area contributed by atoms with E-state index in [9.17, 15) is 0 Å². The van der Waals surface area contributed by atoms with Crippen molar-refractivity contribution in [2.24, 2.45) is 5.92 Å². The van der Waals surface area contributed by atoms with Crippen LogP contribution < -0.4 is 0 Å². The first kappa shape index (κ1) is 12.6. The van der Waals surface area contributed by atoms with Gasteiger partial charge in [-0.05, 0) is 36.5 Å². The molecule has 1 aromatic rings. The Kier molecular flexibility index (Phi) is 4.42. The van der Waals surface area contributed by atoms with Crippen molar-refractivity contribution in [1.29, 1.82) is 0 Å². The van der Waals surface area contributed by atoms with Gasteiger partial charge in [0.2, 0.25) is 0 Å². The Bertz CT molecular complexity index is 370. The van der Waals surface area contributed by atoms with Crippen LogP contribution in [-0.2, 0) is 11.2 Å². The molecule has 1 heterocycles. The van der Waals surface area contributed by atoms with Gasteiger partial charge in [0.15, 0.2) is 0 Å². The number of halogens is 2. The number of benzene rings is 1. The summed E-state index contributed by atoms with van der Waals surface area (Å²) in [5.74, 6) is 0.467. The molecule has 0 aromatic heterocycles. The summed E-state index contributed by atoms with van der Waals surface area (Å²) in [4.78, 5) is 0. The van der Waals surface area contributed by atoms with Crippen LogP contribution in [0.1, 0.15) is 12.0 Å². The third kappa shape index (κ3) is 3.07. The predicted molar refractivity (Wildman–Crippen MR) is 71.9 cm³/mol. The topological polar surface area (TPSA) is 9.23 Å². The second kappa shape index (κ2) is 5.63. The SMILES string of the molecule is S[C@H]1CCOC[C@@H]1Cc1ccc(Cl)c(Cl)c1. The minimum absolute atomic E-state index is 0.420. The number of hydrogen-bond donors (Lipinski definition) is 1. The van der Waals surface area contributed by atoms with Gasteiger partial charge in [-0.25, -0.2) is 0 Å². The molecule has 0 saturated carbocycles. The Morgan fingerprint density at radius 3 is 2.81 bits per heavy atom. The summed E-state index contributed by atoms with van der Waals surface area (Å²) in [7, 11) is 0. The Balaban J connectivity index is 2.05. The second-order valence-corrected chi connectivity index (χ2v) is 5.62. The van der Waals surface area contributed by atoms with Crippen molar-refractivity contribution in [3.8, 4) is 0 Å². The van der Waals surface area contributed by atoms with Crippen LogP contribution in [0.3, 0.4) is 0 Å². The van der Waals surface area contributed by atoms with Crippen LogP contribution in [0.25, 0.3) is 0 Å². The molecule has 16 heavy (non-hydrogen) atoms. The molecule has 0 radical (unpaired) electrons. The maximum atomic E-state index is 5.99. The van der Waals surface area contributed by atoms with E-state index in [-0.39, 0.29) is 0 Å². The standard InChI is InChI=1S/C12H14Cl2OS/c13-10-2-1-8(6-11(10)14)5-9-7-15-4-3-12(9)16/h1-2,6,9,12,16H,3-5,7H2/t9-,12-/m0/s1. The average molecular weight is 277 g/mol. The highest BCUT2D eigenvalue weighted by Crippen LogP contribution is 2.27. The van der Waals surface area contributed by atoms with Crippen LogP contribution in [0.15, 0.2) is 18.2 Å². The van der Waals surface area contributed by atoms with E-state index in [1.165, 1.54) is 5.56 Å². The molecule has 0 N–H and O–H groups in total. The van der Waals surface area contributed by atoms with Gasteiger partial charge in [0.05, 0.1) is 16.7 Å². The molecule has 88 valence electrons. The lowest BCUT2D eigenvalue weighted by molar-refractivity contribution is 0.0596. The van der Waals surface area contributed by atoms with Crippen molar-refractivity contribution in [2.75, 3.05) is 13.2 Å². The monoisotopic (exact) mass is 276 g/mol. The lowest BCUT2D eigenvalue weighted by atomic mass is 9.94. The molecule has 0 unspecified atom stereocenters. The molecule has 0 spiro atoms. The quantitative estimate of drug-likeness (QED) is 0.807. The smallest absolute Gasteiger partial charge is 0.0595 e. The minimum atomic E-state index is 0.420. The Morgan fingerprint density at radius 2 is 2.12 bits per heavy atom. The summed E-state index contributed by atoms with van der Waals surface area (Å²) in [6.07, 6.45) is 1.97. The zero-order valence-electron chi connectivity index (χ0n) is 8.83. The highest BCUT2D eigenvalue weighted by Gasteiger charge is 2.22. The van der Waals surface area contributed by atoms with Crippen molar-refractivity contribution in [1.82, 2.24) is 0 Å². The fourth-order valence-corrected chi connectivity index (χ4v) is 2.57. The van der Waals surface area contributed by atoms with Crippen LogP contribution in [0, 0.1) is 5.92 Å². The maximum Gasteiger partial charge on any atom is 0.0595 e. The third-order valence-electron chi connectivity index (χ3n) is 2.92. The molecule has 2 rings (SSSR count). The zero-order valence-corrected chi connectivity index (χ0v) is 11.2. The molecule has 1 fully saturated rings. The highest BCUT2D eigenvalue weighted by atomic mass is 35.5. The Hall–Kier alpha value is 0.110. The molecule has 0 aliphatic carbocycles. The summed E-state index contributed by atoms with van der Waals surface area (Å²) in [5.41, 5.74) is 1.20. The van der Waals surface area contributed by atoms with Gasteiger partial charge in [0.25, 0.3) is 0 Å². The molecular formula is C12H14Cl2OS. The molecular weight excluding hydrogens is 263 g/mol. The van der Waals surface area contributed by atoms with Gasteiger partial charge < -0.3 is 4.74 Å².